The first-order valence-corrected chi connectivity index (χ1v) is 8.08. The smallest absolute Gasteiger partial charge is 0.261 e. The van der Waals surface area contributed by atoms with Crippen molar-refractivity contribution in [2.24, 2.45) is 0 Å². The van der Waals surface area contributed by atoms with E-state index in [-0.39, 0.29) is 23.7 Å². The first kappa shape index (κ1) is 17.5. The molecule has 1 heterocycles. The summed E-state index contributed by atoms with van der Waals surface area (Å²) in [7, 11) is 0. The fourth-order valence-electron chi connectivity index (χ4n) is 2.46. The minimum Gasteiger partial charge on any atom is -0.488 e. The number of hydrogen-bond acceptors (Lipinski definition) is 3. The maximum absolute atomic E-state index is 13.2. The Hall–Kier alpha value is -2.37. The van der Waals surface area contributed by atoms with Crippen molar-refractivity contribution < 1.29 is 18.7 Å². The highest BCUT2D eigenvalue weighted by Crippen LogP contribution is 2.28. The van der Waals surface area contributed by atoms with Crippen LogP contribution in [-0.4, -0.2) is 29.9 Å². The Morgan fingerprint density at radius 1 is 1.08 bits per heavy atom. The Labute approximate surface area is 153 Å². The summed E-state index contributed by atoms with van der Waals surface area (Å²) in [5.41, 5.74) is 0.750. The highest BCUT2D eigenvalue weighted by Gasteiger charge is 2.35. The van der Waals surface area contributed by atoms with Crippen LogP contribution in [0.1, 0.15) is 20.7 Å². The molecule has 1 aliphatic rings. The quantitative estimate of drug-likeness (QED) is 0.717. The monoisotopic (exact) mass is 379 g/mol. The molecule has 0 unspecified atom stereocenters. The summed E-state index contributed by atoms with van der Waals surface area (Å²) in [5, 5.41) is 0.732. The molecule has 2 aromatic rings. The predicted octanol–water partition coefficient (Wildman–Crippen LogP) is 4.52. The van der Waals surface area contributed by atoms with Gasteiger partial charge in [-0.15, -0.1) is 0 Å². The second-order valence-electron chi connectivity index (χ2n) is 5.37. The van der Waals surface area contributed by atoms with Gasteiger partial charge in [0.1, 0.15) is 12.4 Å². The number of benzene rings is 2. The average Bonchev–Trinajstić information content (AvgIpc) is 2.85. The van der Waals surface area contributed by atoms with Gasteiger partial charge in [-0.25, -0.2) is 4.39 Å². The van der Waals surface area contributed by atoms with Crippen LogP contribution in [0.2, 0.25) is 10.0 Å². The molecule has 2 amide bonds. The van der Waals surface area contributed by atoms with Crippen molar-refractivity contribution in [1.29, 1.82) is 0 Å². The van der Waals surface area contributed by atoms with Gasteiger partial charge in [0, 0.05) is 10.6 Å². The minimum absolute atomic E-state index is 0.125. The van der Waals surface area contributed by atoms with Crippen LogP contribution in [0.5, 0.6) is 5.75 Å². The second kappa shape index (κ2) is 7.25. The maximum atomic E-state index is 13.2. The van der Waals surface area contributed by atoms with Crippen LogP contribution in [0.4, 0.5) is 4.39 Å². The molecule has 0 bridgehead atoms. The number of nitrogens with zero attached hydrogens (tertiary/aromatic N) is 1. The lowest BCUT2D eigenvalue weighted by molar-refractivity contribution is 0.0664. The molecule has 0 aliphatic carbocycles. The van der Waals surface area contributed by atoms with Gasteiger partial charge < -0.3 is 4.74 Å². The van der Waals surface area contributed by atoms with E-state index >= 15 is 0 Å². The largest absolute Gasteiger partial charge is 0.488 e. The maximum Gasteiger partial charge on any atom is 0.261 e. The van der Waals surface area contributed by atoms with Crippen molar-refractivity contribution in [3.63, 3.8) is 0 Å². The summed E-state index contributed by atoms with van der Waals surface area (Å²) in [6.45, 7) is -0.362. The molecule has 4 nitrogen and oxygen atoms in total. The summed E-state index contributed by atoms with van der Waals surface area (Å²) in [6.07, 6.45) is 0.327. The second-order valence-corrected chi connectivity index (χ2v) is 6.22. The van der Waals surface area contributed by atoms with Crippen molar-refractivity contribution in [3.8, 4) is 5.75 Å². The Morgan fingerprint density at radius 3 is 2.28 bits per heavy atom. The molecular weight excluding hydrogens is 368 g/mol. The first-order chi connectivity index (χ1) is 12.0. The third-order valence-corrected chi connectivity index (χ3v) is 4.23. The highest BCUT2D eigenvalue weighted by molar-refractivity contribution is 6.35. The molecule has 0 saturated heterocycles. The number of rotatable bonds is 5. The van der Waals surface area contributed by atoms with Gasteiger partial charge in [0.15, 0.2) is 0 Å². The lowest BCUT2D eigenvalue weighted by atomic mass is 10.1. The van der Waals surface area contributed by atoms with E-state index in [9.17, 15) is 14.0 Å². The minimum atomic E-state index is -0.454. The van der Waals surface area contributed by atoms with Gasteiger partial charge in [0.25, 0.3) is 11.8 Å². The van der Waals surface area contributed by atoms with E-state index in [1.807, 2.05) is 0 Å². The zero-order chi connectivity index (χ0) is 18.0. The van der Waals surface area contributed by atoms with Gasteiger partial charge >= 0.3 is 0 Å². The van der Waals surface area contributed by atoms with Crippen molar-refractivity contribution in [2.45, 2.75) is 0 Å². The van der Waals surface area contributed by atoms with Crippen LogP contribution in [0, 0.1) is 0 Å². The van der Waals surface area contributed by atoms with Crippen molar-refractivity contribution in [2.75, 3.05) is 13.2 Å². The number of halogens is 3. The lowest BCUT2D eigenvalue weighted by Crippen LogP contribution is -2.32. The molecule has 0 saturated carbocycles. The summed E-state index contributed by atoms with van der Waals surface area (Å²) >= 11 is 11.8. The summed E-state index contributed by atoms with van der Waals surface area (Å²) in [4.78, 5) is 25.6. The number of ether oxygens (including phenoxy) is 1. The number of amides is 2. The third kappa shape index (κ3) is 3.52. The fraction of sp³-hybridized carbons (Fsp3) is 0.111. The Balaban J connectivity index is 1.69. The number of fused-ring (bicyclic) bond motifs is 1. The molecular formula is C18H12Cl2FNO3. The molecule has 0 aromatic heterocycles. The zero-order valence-corrected chi connectivity index (χ0v) is 14.4. The Bertz CT molecular complexity index is 847. The van der Waals surface area contributed by atoms with Crippen molar-refractivity contribution in [1.82, 2.24) is 4.90 Å². The number of imide groups is 1. The Morgan fingerprint density at radius 2 is 1.72 bits per heavy atom. The molecule has 25 heavy (non-hydrogen) atoms. The van der Waals surface area contributed by atoms with Crippen LogP contribution in [-0.2, 0) is 0 Å². The van der Waals surface area contributed by atoms with Gasteiger partial charge in [-0.2, -0.15) is 0 Å². The van der Waals surface area contributed by atoms with Crippen LogP contribution in [0.3, 0.4) is 0 Å². The normalized spacial score (nSPS) is 14.0. The van der Waals surface area contributed by atoms with E-state index < -0.39 is 11.8 Å². The summed E-state index contributed by atoms with van der Waals surface area (Å²) < 4.78 is 18.7. The molecule has 128 valence electrons. The molecule has 0 atom stereocenters. The van der Waals surface area contributed by atoms with Crippen LogP contribution < -0.4 is 4.74 Å². The standard InChI is InChI=1S/C18H12Cl2FNO3/c19-12-5-6-16(15(20)7-12)25-10-11(8-21)9-22-17(23)13-3-1-2-4-14(13)18(22)24/h1-8H,9-10H2. The molecule has 0 spiro atoms. The van der Waals surface area contributed by atoms with Gasteiger partial charge in [-0.1, -0.05) is 35.3 Å². The third-order valence-electron chi connectivity index (χ3n) is 3.70. The van der Waals surface area contributed by atoms with Gasteiger partial charge in [0.05, 0.1) is 29.0 Å². The summed E-state index contributed by atoms with van der Waals surface area (Å²) in [5.74, 6) is -0.582. The predicted molar refractivity (Wildman–Crippen MR) is 93.0 cm³/mol. The topological polar surface area (TPSA) is 46.6 Å². The molecule has 7 heteroatoms. The van der Waals surface area contributed by atoms with Gasteiger partial charge in [-0.05, 0) is 30.3 Å². The number of carbonyl (C=O) groups is 2. The van der Waals surface area contributed by atoms with Crippen LogP contribution >= 0.6 is 23.2 Å². The van der Waals surface area contributed by atoms with E-state index in [1.54, 1.807) is 36.4 Å². The molecule has 3 rings (SSSR count). The fourth-order valence-corrected chi connectivity index (χ4v) is 2.92. The highest BCUT2D eigenvalue weighted by atomic mass is 35.5. The van der Waals surface area contributed by atoms with Gasteiger partial charge in [0.2, 0.25) is 0 Å². The van der Waals surface area contributed by atoms with Crippen molar-refractivity contribution >= 4 is 35.0 Å². The van der Waals surface area contributed by atoms with E-state index in [4.69, 9.17) is 27.9 Å². The zero-order valence-electron chi connectivity index (χ0n) is 12.8. The molecule has 1 aliphatic heterocycles. The first-order valence-electron chi connectivity index (χ1n) is 7.32. The van der Waals surface area contributed by atoms with E-state index in [1.165, 1.54) is 6.07 Å². The molecule has 0 fully saturated rings. The summed E-state index contributed by atoms with van der Waals surface area (Å²) in [6, 6.07) is 11.1. The molecule has 0 N–H and O–H groups in total. The number of carbonyl (C=O) groups excluding carboxylic acids is 2. The van der Waals surface area contributed by atoms with E-state index in [0.29, 0.717) is 28.2 Å². The van der Waals surface area contributed by atoms with Crippen molar-refractivity contribution in [3.05, 3.63) is 75.5 Å². The van der Waals surface area contributed by atoms with Gasteiger partial charge in [-0.3, -0.25) is 14.5 Å². The molecule has 0 radical (unpaired) electrons. The van der Waals surface area contributed by atoms with E-state index in [2.05, 4.69) is 0 Å². The average molecular weight is 380 g/mol. The molecule has 2 aromatic carbocycles. The number of hydrogen-bond donors (Lipinski definition) is 0. The van der Waals surface area contributed by atoms with Crippen LogP contribution in [0.15, 0.2) is 54.4 Å². The Kier molecular flexibility index (Phi) is 5.06. The van der Waals surface area contributed by atoms with E-state index in [0.717, 1.165) is 4.90 Å². The SMILES string of the molecule is O=C1c2ccccc2C(=O)N1CC(=CF)COc1ccc(Cl)cc1Cl. The lowest BCUT2D eigenvalue weighted by Gasteiger charge is -2.16. The van der Waals surface area contributed by atoms with Crippen LogP contribution in [0.25, 0.3) is 0 Å².